The van der Waals surface area contributed by atoms with E-state index in [1.54, 1.807) is 63.3 Å². The van der Waals surface area contributed by atoms with Crippen molar-refractivity contribution in [1.29, 1.82) is 0 Å². The van der Waals surface area contributed by atoms with Crippen LogP contribution in [0.4, 0.5) is 0 Å². The van der Waals surface area contributed by atoms with Gasteiger partial charge in [-0.15, -0.1) is 6.58 Å². The summed E-state index contributed by atoms with van der Waals surface area (Å²) >= 11 is 6.12. The van der Waals surface area contributed by atoms with E-state index in [0.717, 1.165) is 0 Å². The highest BCUT2D eigenvalue weighted by molar-refractivity contribution is 6.31. The summed E-state index contributed by atoms with van der Waals surface area (Å²) in [6.07, 6.45) is 8.60. The number of hydrogen-bond acceptors (Lipinski definition) is 5. The zero-order chi connectivity index (χ0) is 25.0. The predicted octanol–water partition coefficient (Wildman–Crippen LogP) is 5.12. The Hall–Kier alpha value is -3.06. The predicted molar refractivity (Wildman–Crippen MR) is 130 cm³/mol. The summed E-state index contributed by atoms with van der Waals surface area (Å²) in [4.78, 5) is 38.1. The molecule has 1 heterocycles. The summed E-state index contributed by atoms with van der Waals surface area (Å²) in [6.45, 7) is 15.2. The quantitative estimate of drug-likeness (QED) is 0.377. The molecule has 8 heteroatoms. The maximum Gasteiger partial charge on any atom is 0.327 e. The second kappa shape index (κ2) is 9.83. The number of aromatic nitrogens is 2. The minimum atomic E-state index is -1.21. The molecule has 1 aliphatic rings. The van der Waals surface area contributed by atoms with Crippen LogP contribution in [0, 0.1) is 5.41 Å². The molecule has 0 bridgehead atoms. The van der Waals surface area contributed by atoms with Crippen molar-refractivity contribution >= 4 is 35.1 Å². The smallest absolute Gasteiger partial charge is 0.327 e. The Bertz CT molecular complexity index is 1140. The molecule has 33 heavy (non-hydrogen) atoms. The van der Waals surface area contributed by atoms with E-state index in [0.29, 0.717) is 22.5 Å². The molecule has 0 aliphatic heterocycles. The van der Waals surface area contributed by atoms with Crippen molar-refractivity contribution in [3.05, 3.63) is 70.7 Å². The zero-order valence-electron chi connectivity index (χ0n) is 19.8. The highest BCUT2D eigenvalue weighted by Crippen LogP contribution is 2.41. The number of hydrogen-bond donors (Lipinski definition) is 1. The fourth-order valence-electron chi connectivity index (χ4n) is 3.28. The molecule has 3 rings (SSSR count). The number of esters is 1. The number of rotatable bonds is 4. The first-order valence-corrected chi connectivity index (χ1v) is 10.9. The van der Waals surface area contributed by atoms with Crippen LogP contribution >= 0.6 is 11.6 Å². The number of imidazole rings is 1. The molecule has 1 aromatic carbocycles. The highest BCUT2D eigenvalue weighted by Gasteiger charge is 2.46. The molecule has 1 N–H and O–H groups in total. The van der Waals surface area contributed by atoms with Crippen molar-refractivity contribution in [1.82, 2.24) is 9.55 Å². The van der Waals surface area contributed by atoms with Crippen molar-refractivity contribution in [2.45, 2.75) is 58.8 Å². The van der Waals surface area contributed by atoms with Crippen molar-refractivity contribution < 1.29 is 19.1 Å². The number of nitrogens with one attached hydrogen (secondary N) is 1. The number of nitrogens with zero attached hydrogens (tertiary/aromatic N) is 1. The Morgan fingerprint density at radius 1 is 1.18 bits per heavy atom. The summed E-state index contributed by atoms with van der Waals surface area (Å²) in [5.41, 5.74) is -1.26. The van der Waals surface area contributed by atoms with Gasteiger partial charge in [-0.25, -0.2) is 4.79 Å². The van der Waals surface area contributed by atoms with E-state index in [4.69, 9.17) is 16.3 Å². The van der Waals surface area contributed by atoms with Crippen LogP contribution in [0.15, 0.2) is 60.0 Å². The molecule has 1 aliphatic carbocycles. The first-order valence-electron chi connectivity index (χ1n) is 10.5. The van der Waals surface area contributed by atoms with Crippen molar-refractivity contribution in [3.8, 4) is 0 Å². The van der Waals surface area contributed by atoms with Crippen molar-refractivity contribution in [2.24, 2.45) is 5.41 Å². The summed E-state index contributed by atoms with van der Waals surface area (Å²) in [5.74, 6) is -0.464. The first-order chi connectivity index (χ1) is 15.2. The van der Waals surface area contributed by atoms with Gasteiger partial charge in [0.05, 0.1) is 17.1 Å². The molecule has 0 spiro atoms. The third-order valence-electron chi connectivity index (χ3n) is 4.72. The lowest BCUT2D eigenvalue weighted by atomic mass is 9.77. The third kappa shape index (κ3) is 6.26. The van der Waals surface area contributed by atoms with E-state index >= 15 is 0 Å². The van der Waals surface area contributed by atoms with Crippen LogP contribution in [0.5, 0.6) is 0 Å². The van der Waals surface area contributed by atoms with Gasteiger partial charge in [-0.1, -0.05) is 42.0 Å². The Morgan fingerprint density at radius 2 is 1.85 bits per heavy atom. The maximum absolute atomic E-state index is 13.1. The van der Waals surface area contributed by atoms with Crippen LogP contribution in [0.2, 0.25) is 5.02 Å². The molecule has 0 fully saturated rings. The Labute approximate surface area is 198 Å². The molecule has 0 radical (unpaired) electrons. The summed E-state index contributed by atoms with van der Waals surface area (Å²) in [6, 6.07) is 4.51. The Morgan fingerprint density at radius 3 is 2.36 bits per heavy atom. The number of halogens is 1. The number of carbonyl (C=O) groups excluding carboxylic acids is 2. The lowest BCUT2D eigenvalue weighted by Crippen LogP contribution is -2.43. The first kappa shape index (κ1) is 26.2. The van der Waals surface area contributed by atoms with E-state index in [9.17, 15) is 14.4 Å². The number of ether oxygens (including phenoxy) is 2. The van der Waals surface area contributed by atoms with Crippen LogP contribution in [-0.4, -0.2) is 33.2 Å². The van der Waals surface area contributed by atoms with E-state index in [-0.39, 0.29) is 11.3 Å². The van der Waals surface area contributed by atoms with Gasteiger partial charge >= 0.3 is 11.7 Å². The van der Waals surface area contributed by atoms with Gasteiger partial charge < -0.3 is 14.5 Å². The molecule has 0 amide bonds. The van der Waals surface area contributed by atoms with E-state index in [2.05, 4.69) is 16.3 Å². The van der Waals surface area contributed by atoms with Gasteiger partial charge in [0.2, 0.25) is 0 Å². The second-order valence-corrected chi connectivity index (χ2v) is 10.1. The van der Waals surface area contributed by atoms with Crippen molar-refractivity contribution in [3.63, 3.8) is 0 Å². The summed E-state index contributed by atoms with van der Waals surface area (Å²) in [5, 5.41) is 0.502. The van der Waals surface area contributed by atoms with Gasteiger partial charge in [0.15, 0.2) is 0 Å². The molecule has 0 saturated heterocycles. The third-order valence-corrected chi connectivity index (χ3v) is 4.95. The fraction of sp³-hybridized carbons (Fsp3) is 0.400. The molecular formula is C25H31ClN2O5. The largest absolute Gasteiger partial charge is 0.462 e. The summed E-state index contributed by atoms with van der Waals surface area (Å²) in [7, 11) is 0. The van der Waals surface area contributed by atoms with E-state index in [1.807, 2.05) is 20.8 Å². The molecule has 2 aromatic rings. The maximum atomic E-state index is 13.1. The number of carbonyl (C=O) groups is 2. The zero-order valence-corrected chi connectivity index (χ0v) is 20.6. The average Bonchev–Trinajstić information content (AvgIpc) is 3.00. The number of fused-ring (bicyclic) bond motifs is 1. The SMILES string of the molecule is C=CC1(C(=O)OC(C)(C)C)C=CC=CC1n1c(=O)[nH]c2ccc(Cl)cc21.CC(C)(C)OC=O. The van der Waals surface area contributed by atoms with Crippen LogP contribution in [0.3, 0.4) is 0 Å². The van der Waals surface area contributed by atoms with E-state index < -0.39 is 23.0 Å². The van der Waals surface area contributed by atoms with Gasteiger partial charge in [-0.05, 0) is 59.7 Å². The average molecular weight is 475 g/mol. The molecule has 0 saturated carbocycles. The minimum Gasteiger partial charge on any atom is -0.462 e. The second-order valence-electron chi connectivity index (χ2n) is 9.62. The number of benzene rings is 1. The normalized spacial score (nSPS) is 20.0. The lowest BCUT2D eigenvalue weighted by Gasteiger charge is -2.36. The van der Waals surface area contributed by atoms with Gasteiger partial charge in [-0.3, -0.25) is 14.2 Å². The Balaban J connectivity index is 0.000000479. The highest BCUT2D eigenvalue weighted by atomic mass is 35.5. The monoisotopic (exact) mass is 474 g/mol. The van der Waals surface area contributed by atoms with Crippen molar-refractivity contribution in [2.75, 3.05) is 0 Å². The number of allylic oxidation sites excluding steroid dienone is 3. The molecule has 2 unspecified atom stereocenters. The molecule has 178 valence electrons. The number of H-pyrrole nitrogens is 1. The van der Waals surface area contributed by atoms with Crippen LogP contribution in [-0.2, 0) is 19.1 Å². The fourth-order valence-corrected chi connectivity index (χ4v) is 3.45. The van der Waals surface area contributed by atoms with Gasteiger partial charge in [0.1, 0.15) is 16.6 Å². The van der Waals surface area contributed by atoms with E-state index in [1.165, 1.54) is 10.6 Å². The minimum absolute atomic E-state index is 0.318. The van der Waals surface area contributed by atoms with Gasteiger partial charge in [-0.2, -0.15) is 0 Å². The van der Waals surface area contributed by atoms with Crippen LogP contribution in [0.1, 0.15) is 47.6 Å². The lowest BCUT2D eigenvalue weighted by molar-refractivity contribution is -0.163. The van der Waals surface area contributed by atoms with Crippen LogP contribution in [0.25, 0.3) is 11.0 Å². The number of aromatic amines is 1. The molecular weight excluding hydrogens is 444 g/mol. The molecule has 1 aromatic heterocycles. The van der Waals surface area contributed by atoms with Gasteiger partial charge in [0.25, 0.3) is 6.47 Å². The standard InChI is InChI=1S/C20H21ClN2O3.C5H10O2/c1-5-20(17(24)26-19(2,3)4)11-7-6-8-16(20)23-15-12-13(21)9-10-14(15)22-18(23)25;1-5(2,3)7-4-6/h5-12,16H,1H2,2-4H3,(H,22,25);4H,1-3H3. The molecule has 7 nitrogen and oxygen atoms in total. The van der Waals surface area contributed by atoms with Gasteiger partial charge in [0, 0.05) is 5.02 Å². The Kier molecular flexibility index (Phi) is 7.80. The molecule has 2 atom stereocenters. The summed E-state index contributed by atoms with van der Waals surface area (Å²) < 4.78 is 11.7. The topological polar surface area (TPSA) is 90.4 Å². The van der Waals surface area contributed by atoms with Crippen LogP contribution < -0.4 is 5.69 Å².